The molecule has 0 bridgehead atoms. The van der Waals surface area contributed by atoms with E-state index in [4.69, 9.17) is 20.4 Å². The maximum Gasteiger partial charge on any atom is 0 e. The molecule has 0 fully saturated rings. The van der Waals surface area contributed by atoms with Crippen LogP contribution in [-0.4, -0.2) is 110 Å². The van der Waals surface area contributed by atoms with E-state index in [-0.39, 0.29) is 121 Å². The number of carbonyl (C=O) groups is 1. The molecule has 0 aliphatic carbocycles. The molecule has 0 unspecified atom stereocenters. The van der Waals surface area contributed by atoms with Crippen LogP contribution in [0.4, 0.5) is 0 Å². The zero-order valence-corrected chi connectivity index (χ0v) is 9.27. The monoisotopic (exact) mass is 391 g/mol. The summed E-state index contributed by atoms with van der Waals surface area (Å²) in [4.78, 5) is 10.3. The van der Waals surface area contributed by atoms with Gasteiger partial charge in [0.15, 0.2) is 17.2 Å². The van der Waals surface area contributed by atoms with E-state index in [9.17, 15) is 4.79 Å². The van der Waals surface area contributed by atoms with E-state index in [2.05, 4.69) is 0 Å². The van der Waals surface area contributed by atoms with Gasteiger partial charge in [0.1, 0.15) is 0 Å². The van der Waals surface area contributed by atoms with E-state index in [1.165, 1.54) is 0 Å². The van der Waals surface area contributed by atoms with Crippen molar-refractivity contribution in [1.29, 1.82) is 0 Å². The summed E-state index contributed by atoms with van der Waals surface area (Å²) < 4.78 is 0. The molecule has 0 spiro atoms. The van der Waals surface area contributed by atoms with Crippen LogP contribution in [0.2, 0.25) is 0 Å². The number of phenols is 3. The minimum atomic E-state index is -1.29. The first kappa shape index (κ1) is 22.1. The van der Waals surface area contributed by atoms with Crippen molar-refractivity contribution in [3.8, 4) is 17.2 Å². The zero-order valence-electron chi connectivity index (χ0n) is 6.43. The molecule has 0 heterocycles. The van der Waals surface area contributed by atoms with Crippen molar-refractivity contribution in [2.45, 2.75) is 0 Å². The quantitative estimate of drug-likeness (QED) is 0.352. The van der Waals surface area contributed by atoms with Gasteiger partial charge in [-0.1, -0.05) is 0 Å². The van der Waals surface area contributed by atoms with Gasteiger partial charge in [0, 0.05) is 32.7 Å². The molecule has 0 aromatic heterocycles. The first-order chi connectivity index (χ1) is 5.52. The second-order valence-electron chi connectivity index (χ2n) is 2.17. The summed E-state index contributed by atoms with van der Waals surface area (Å²) in [6, 6.07) is 1.69. The number of benzene rings is 1. The molecule has 1 radical (unpaired) electrons. The van der Waals surface area contributed by atoms with Crippen molar-refractivity contribution in [3.63, 3.8) is 0 Å². The van der Waals surface area contributed by atoms with Crippen molar-refractivity contribution >= 4 is 89.2 Å². The van der Waals surface area contributed by atoms with Crippen LogP contribution in [0.25, 0.3) is 0 Å². The van der Waals surface area contributed by atoms with Crippen LogP contribution < -0.4 is 0 Å². The van der Waals surface area contributed by atoms with Crippen LogP contribution in [0.3, 0.4) is 0 Å². The molecule has 1 aromatic rings. The molecule has 0 saturated carbocycles. The number of hydrogen-bond acceptors (Lipinski definition) is 4. The van der Waals surface area contributed by atoms with Gasteiger partial charge in [-0.2, -0.15) is 0 Å². The molecule has 15 heavy (non-hydrogen) atoms. The standard InChI is InChI=1S/C7H6O5.Ca.Sr.Y.4H/c8-4-1-3(7(11)12)2-5(9)6(4)10;;;;;;;/h1-2,8-10H,(H,11,12);;;;;;;. The van der Waals surface area contributed by atoms with E-state index in [1.54, 1.807) is 0 Å². The van der Waals surface area contributed by atoms with Crippen molar-refractivity contribution < 1.29 is 57.9 Å². The van der Waals surface area contributed by atoms with Gasteiger partial charge in [-0.3, -0.25) is 0 Å². The largest absolute Gasteiger partial charge is 0 e. The minimum Gasteiger partial charge on any atom is 0 e. The van der Waals surface area contributed by atoms with E-state index in [0.717, 1.165) is 12.1 Å². The molecule has 1 aromatic carbocycles. The van der Waals surface area contributed by atoms with E-state index < -0.39 is 23.2 Å². The SMILES string of the molecule is O=C(O)c1cc(O)c(O)c(O)c1.[CaH2].[SrH2].[Y]. The number of carboxylic acid groups (broad SMARTS) is 1. The Hall–Kier alpha value is 1.93. The van der Waals surface area contributed by atoms with Gasteiger partial charge in [-0.15, -0.1) is 0 Å². The maximum atomic E-state index is 10.3. The van der Waals surface area contributed by atoms with Crippen molar-refractivity contribution in [2.24, 2.45) is 0 Å². The smallest absolute Gasteiger partial charge is 0 e. The van der Waals surface area contributed by atoms with Gasteiger partial charge < -0.3 is 20.4 Å². The van der Waals surface area contributed by atoms with Crippen LogP contribution in [0.15, 0.2) is 12.1 Å². The summed E-state index contributed by atoms with van der Waals surface area (Å²) in [5.41, 5.74) is -0.289. The van der Waals surface area contributed by atoms with E-state index >= 15 is 0 Å². The van der Waals surface area contributed by atoms with Crippen molar-refractivity contribution in [1.82, 2.24) is 0 Å². The average molecular weight is 391 g/mol. The molecule has 0 atom stereocenters. The number of hydrogen-bond donors (Lipinski definition) is 4. The number of aromatic hydroxyl groups is 3. The van der Waals surface area contributed by atoms with Gasteiger partial charge in [0.2, 0.25) is 0 Å². The van der Waals surface area contributed by atoms with Crippen LogP contribution >= 0.6 is 0 Å². The van der Waals surface area contributed by atoms with Crippen molar-refractivity contribution in [2.75, 3.05) is 0 Å². The molecule has 5 nitrogen and oxygen atoms in total. The second kappa shape index (κ2) is 9.91. The van der Waals surface area contributed by atoms with Gasteiger partial charge in [0.25, 0.3) is 0 Å². The summed E-state index contributed by atoms with van der Waals surface area (Å²) >= 11 is 0. The zero-order chi connectivity index (χ0) is 9.30. The van der Waals surface area contributed by atoms with E-state index in [1.807, 2.05) is 0 Å². The Morgan fingerprint density at radius 1 is 1.07 bits per heavy atom. The average Bonchev–Trinajstić information content (AvgIpc) is 1.99. The molecule has 4 N–H and O–H groups in total. The first-order valence-corrected chi connectivity index (χ1v) is 3.00. The Morgan fingerprint density at radius 2 is 1.40 bits per heavy atom. The predicted molar refractivity (Wildman–Crippen MR) is 55.5 cm³/mol. The molecular formula is C7H10CaO5SrY. The van der Waals surface area contributed by atoms with Gasteiger partial charge in [-0.05, 0) is 12.1 Å². The summed E-state index contributed by atoms with van der Waals surface area (Å²) in [6.07, 6.45) is 0. The normalized spacial score (nSPS) is 7.73. The third-order valence-electron chi connectivity index (χ3n) is 1.32. The second-order valence-corrected chi connectivity index (χ2v) is 2.17. The van der Waals surface area contributed by atoms with Crippen LogP contribution in [0.5, 0.6) is 17.2 Å². The fourth-order valence-corrected chi connectivity index (χ4v) is 0.728. The molecule has 0 saturated heterocycles. The Bertz CT molecular complexity index is 323. The Balaban J connectivity index is -0.000000480. The molecule has 0 aliphatic heterocycles. The molecule has 75 valence electrons. The number of carboxylic acids is 1. The molecule has 0 aliphatic rings. The van der Waals surface area contributed by atoms with Crippen LogP contribution in [0.1, 0.15) is 10.4 Å². The summed E-state index contributed by atoms with van der Waals surface area (Å²) in [5, 5.41) is 35.0. The van der Waals surface area contributed by atoms with Crippen molar-refractivity contribution in [3.05, 3.63) is 17.7 Å². The molecule has 1 rings (SSSR count). The predicted octanol–water partition coefficient (Wildman–Crippen LogP) is -1.33. The topological polar surface area (TPSA) is 98.0 Å². The minimum absolute atomic E-state index is 0. The third kappa shape index (κ3) is 6.43. The summed E-state index contributed by atoms with van der Waals surface area (Å²) in [5.74, 6) is -3.33. The number of aromatic carboxylic acids is 1. The number of rotatable bonds is 1. The van der Waals surface area contributed by atoms with Gasteiger partial charge in [-0.25, -0.2) is 4.79 Å². The van der Waals surface area contributed by atoms with Gasteiger partial charge in [0.05, 0.1) is 5.56 Å². The van der Waals surface area contributed by atoms with Crippen LogP contribution in [-0.2, 0) is 32.7 Å². The Kier molecular flexibility index (Phi) is 14.6. The Morgan fingerprint density at radius 3 is 1.67 bits per heavy atom. The third-order valence-corrected chi connectivity index (χ3v) is 1.32. The Labute approximate surface area is 178 Å². The van der Waals surface area contributed by atoms with E-state index in [0.29, 0.717) is 0 Å². The van der Waals surface area contributed by atoms with Crippen LogP contribution in [0, 0.1) is 0 Å². The molecular weight excluding hydrogens is 381 g/mol. The molecule has 8 heteroatoms. The molecule has 0 amide bonds. The van der Waals surface area contributed by atoms with Gasteiger partial charge >= 0.3 is 89.2 Å². The summed E-state index contributed by atoms with van der Waals surface area (Å²) in [6.45, 7) is 0. The number of phenolic OH excluding ortho intramolecular Hbond substituents is 3. The fourth-order valence-electron chi connectivity index (χ4n) is 0.728. The summed E-state index contributed by atoms with van der Waals surface area (Å²) in [7, 11) is 0. The maximum absolute atomic E-state index is 10.3. The fraction of sp³-hybridized carbons (Fsp3) is 0. The first-order valence-electron chi connectivity index (χ1n) is 3.00.